The Bertz CT molecular complexity index is 1350. The molecule has 1 aromatic carbocycles. The molecule has 0 bridgehead atoms. The van der Waals surface area contributed by atoms with Crippen LogP contribution in [0.3, 0.4) is 0 Å². The Morgan fingerprint density at radius 2 is 1.37 bits per heavy atom. The number of rotatable bonds is 4. The lowest BCUT2D eigenvalue weighted by Gasteiger charge is -2.25. The average molecular weight is 544 g/mol. The molecule has 2 aliphatic rings. The van der Waals surface area contributed by atoms with E-state index >= 15 is 0 Å². The minimum atomic E-state index is -0.338. The van der Waals surface area contributed by atoms with Gasteiger partial charge in [0.2, 0.25) is 0 Å². The number of oxime groups is 2. The molecule has 4 unspecified atom stereocenters. The summed E-state index contributed by atoms with van der Waals surface area (Å²) < 4.78 is 0. The maximum atomic E-state index is 5.70. The first-order valence-corrected chi connectivity index (χ1v) is 14.5. The predicted octanol–water partition coefficient (Wildman–Crippen LogP) is 8.74. The molecule has 5 heterocycles. The second-order valence-electron chi connectivity index (χ2n) is 10.3. The summed E-state index contributed by atoms with van der Waals surface area (Å²) in [7, 11) is 0. The second kappa shape index (κ2) is 10.5. The molecule has 0 aliphatic carbocycles. The van der Waals surface area contributed by atoms with Crippen LogP contribution < -0.4 is 0 Å². The maximum absolute atomic E-state index is 5.70. The monoisotopic (exact) mass is 543 g/mol. The summed E-state index contributed by atoms with van der Waals surface area (Å²) in [6.07, 6.45) is 3.68. The van der Waals surface area contributed by atoms with E-state index in [0.29, 0.717) is 11.8 Å². The maximum Gasteiger partial charge on any atom is 0.176 e. The Kier molecular flexibility index (Phi) is 7.25. The Morgan fingerprint density at radius 1 is 0.737 bits per heavy atom. The van der Waals surface area contributed by atoms with Crippen molar-refractivity contribution in [3.63, 3.8) is 0 Å². The van der Waals surface area contributed by atoms with Crippen molar-refractivity contribution in [2.45, 2.75) is 52.7 Å². The highest BCUT2D eigenvalue weighted by Crippen LogP contribution is 2.44. The van der Waals surface area contributed by atoms with E-state index < -0.39 is 0 Å². The minimum absolute atomic E-state index is 0.299. The van der Waals surface area contributed by atoms with Gasteiger partial charge in [0.1, 0.15) is 0 Å². The Balaban J connectivity index is 0.000000155. The fourth-order valence-electron chi connectivity index (χ4n) is 4.61. The number of pyridine rings is 1. The van der Waals surface area contributed by atoms with Gasteiger partial charge in [0, 0.05) is 34.7 Å². The fraction of sp³-hybridized carbons (Fsp3) is 0.323. The van der Waals surface area contributed by atoms with Gasteiger partial charge in [0.05, 0.1) is 21.2 Å². The van der Waals surface area contributed by atoms with Gasteiger partial charge in [-0.15, -0.1) is 22.7 Å². The lowest BCUT2D eigenvalue weighted by atomic mass is 9.86. The van der Waals surface area contributed by atoms with Crippen molar-refractivity contribution in [1.82, 2.24) is 4.98 Å². The van der Waals surface area contributed by atoms with Gasteiger partial charge in [-0.1, -0.05) is 60.6 Å². The van der Waals surface area contributed by atoms with Gasteiger partial charge in [-0.25, -0.2) is 0 Å². The van der Waals surface area contributed by atoms with Crippen LogP contribution in [0.25, 0.3) is 21.6 Å². The van der Waals surface area contributed by atoms with Gasteiger partial charge < -0.3 is 9.68 Å². The topological polar surface area (TPSA) is 56.1 Å². The largest absolute Gasteiger partial charge is 0.383 e. The van der Waals surface area contributed by atoms with Crippen molar-refractivity contribution >= 4 is 34.1 Å². The molecular formula is C31H33N3O2S2. The highest BCUT2D eigenvalue weighted by molar-refractivity contribution is 7.15. The summed E-state index contributed by atoms with van der Waals surface area (Å²) in [5.41, 5.74) is 5.11. The lowest BCUT2D eigenvalue weighted by molar-refractivity contribution is -0.0280. The Hall–Kier alpha value is -3.29. The zero-order valence-electron chi connectivity index (χ0n) is 22.6. The Morgan fingerprint density at radius 3 is 1.95 bits per heavy atom. The van der Waals surface area contributed by atoms with Gasteiger partial charge in [-0.2, -0.15) is 0 Å². The molecule has 0 spiro atoms. The van der Waals surface area contributed by atoms with Crippen molar-refractivity contribution in [1.29, 1.82) is 0 Å². The number of hydrogen-bond donors (Lipinski definition) is 0. The van der Waals surface area contributed by atoms with Gasteiger partial charge in [0.15, 0.2) is 11.2 Å². The molecular weight excluding hydrogens is 510 g/mol. The first kappa shape index (κ1) is 26.3. The highest BCUT2D eigenvalue weighted by atomic mass is 32.1. The van der Waals surface area contributed by atoms with Crippen molar-refractivity contribution < 1.29 is 9.68 Å². The summed E-state index contributed by atoms with van der Waals surface area (Å²) in [4.78, 5) is 19.2. The van der Waals surface area contributed by atoms with E-state index in [4.69, 9.17) is 9.68 Å². The van der Waals surface area contributed by atoms with Crippen LogP contribution in [0.2, 0.25) is 0 Å². The van der Waals surface area contributed by atoms with E-state index in [1.165, 1.54) is 25.8 Å². The number of benzene rings is 1. The molecule has 7 heteroatoms. The molecule has 0 radical (unpaired) electrons. The van der Waals surface area contributed by atoms with Crippen LogP contribution >= 0.6 is 22.7 Å². The minimum Gasteiger partial charge on any atom is -0.383 e. The second-order valence-corrected chi connectivity index (χ2v) is 12.3. The van der Waals surface area contributed by atoms with Gasteiger partial charge in [-0.3, -0.25) is 4.98 Å². The van der Waals surface area contributed by atoms with E-state index in [1.54, 1.807) is 28.9 Å². The third kappa shape index (κ3) is 4.81. The lowest BCUT2D eigenvalue weighted by Crippen LogP contribution is -2.29. The van der Waals surface area contributed by atoms with Crippen LogP contribution in [-0.2, 0) is 20.9 Å². The Labute approximate surface area is 232 Å². The normalized spacial score (nSPS) is 26.1. The number of hydrogen-bond acceptors (Lipinski definition) is 7. The number of thiophene rings is 2. The summed E-state index contributed by atoms with van der Waals surface area (Å²) in [5.74, 6) is 0.614. The molecule has 0 saturated heterocycles. The van der Waals surface area contributed by atoms with Crippen molar-refractivity contribution in [2.24, 2.45) is 22.1 Å². The summed E-state index contributed by atoms with van der Waals surface area (Å²) in [6, 6.07) is 21.0. The molecule has 6 rings (SSSR count). The molecule has 38 heavy (non-hydrogen) atoms. The highest BCUT2D eigenvalue weighted by Gasteiger charge is 2.44. The smallest absolute Gasteiger partial charge is 0.176 e. The third-order valence-corrected chi connectivity index (χ3v) is 10.4. The van der Waals surface area contributed by atoms with Crippen molar-refractivity contribution in [3.8, 4) is 21.6 Å². The molecule has 2 aliphatic heterocycles. The van der Waals surface area contributed by atoms with E-state index in [1.807, 2.05) is 32.2 Å². The summed E-state index contributed by atoms with van der Waals surface area (Å²) >= 11 is 3.50. The molecule has 3 aromatic heterocycles. The van der Waals surface area contributed by atoms with Gasteiger partial charge in [-0.05, 0) is 68.5 Å². The SMILES string of the molecule is CC1=NOC(C)(c2cc(-c3ccccc3)cs2)C1C.CC1=NOC(C)(c2ccc(-c3cccnc3)s2)C1C. The molecule has 0 fully saturated rings. The quantitative estimate of drug-likeness (QED) is 0.259. The van der Waals surface area contributed by atoms with Crippen LogP contribution in [0.15, 0.2) is 88.7 Å². The summed E-state index contributed by atoms with van der Waals surface area (Å²) in [6.45, 7) is 12.6. The standard InChI is InChI=1S/C16H17NOS.C15H16N2OS/c1-11-12(2)17-18-16(11,3)15-9-14(10-19-15)13-7-5-4-6-8-13;1-10-11(2)17-18-15(10,3)14-7-6-13(19-14)12-5-4-8-16-9-12/h4-11H,1-3H3;4-10H,1-3H3. The molecule has 196 valence electrons. The molecule has 0 amide bonds. The van der Waals surface area contributed by atoms with Crippen LogP contribution in [0.1, 0.15) is 51.3 Å². The van der Waals surface area contributed by atoms with Gasteiger partial charge in [0.25, 0.3) is 0 Å². The van der Waals surface area contributed by atoms with Crippen molar-refractivity contribution in [3.05, 3.63) is 88.2 Å². The number of aromatic nitrogens is 1. The van der Waals surface area contributed by atoms with E-state index in [0.717, 1.165) is 17.0 Å². The molecule has 0 N–H and O–H groups in total. The first-order chi connectivity index (χ1) is 18.2. The number of nitrogens with zero attached hydrogens (tertiary/aromatic N) is 3. The first-order valence-electron chi connectivity index (χ1n) is 12.8. The predicted molar refractivity (Wildman–Crippen MR) is 159 cm³/mol. The average Bonchev–Trinajstić information content (AvgIpc) is 3.74. The molecule has 4 aromatic rings. The zero-order chi connectivity index (χ0) is 26.9. The van der Waals surface area contributed by atoms with Gasteiger partial charge >= 0.3 is 0 Å². The fourth-order valence-corrected chi connectivity index (χ4v) is 6.88. The molecule has 4 atom stereocenters. The molecule has 0 saturated carbocycles. The van der Waals surface area contributed by atoms with Crippen LogP contribution in [0.4, 0.5) is 0 Å². The zero-order valence-corrected chi connectivity index (χ0v) is 24.3. The van der Waals surface area contributed by atoms with E-state index in [9.17, 15) is 0 Å². The van der Waals surface area contributed by atoms with Crippen LogP contribution in [-0.4, -0.2) is 16.4 Å². The third-order valence-electron chi connectivity index (χ3n) is 7.90. The van der Waals surface area contributed by atoms with E-state index in [-0.39, 0.29) is 11.2 Å². The van der Waals surface area contributed by atoms with E-state index in [2.05, 4.69) is 96.9 Å². The van der Waals surface area contributed by atoms with Crippen LogP contribution in [0.5, 0.6) is 0 Å². The van der Waals surface area contributed by atoms with Crippen LogP contribution in [0, 0.1) is 11.8 Å². The molecule has 5 nitrogen and oxygen atoms in total. The van der Waals surface area contributed by atoms with Crippen molar-refractivity contribution in [2.75, 3.05) is 0 Å². The summed E-state index contributed by atoms with van der Waals surface area (Å²) in [5, 5.41) is 10.5.